The smallest absolute Gasteiger partial charge is 0.338 e. The van der Waals surface area contributed by atoms with Gasteiger partial charge in [0.1, 0.15) is 5.69 Å². The Kier molecular flexibility index (Phi) is 6.02. The van der Waals surface area contributed by atoms with Gasteiger partial charge in [-0.15, -0.1) is 0 Å². The number of anilines is 1. The predicted octanol–water partition coefficient (Wildman–Crippen LogP) is 4.39. The maximum atomic E-state index is 12.7. The summed E-state index contributed by atoms with van der Waals surface area (Å²) < 4.78 is 7.96. The maximum absolute atomic E-state index is 12.7. The highest BCUT2D eigenvalue weighted by molar-refractivity contribution is 9.10. The summed E-state index contributed by atoms with van der Waals surface area (Å²) >= 11 is 3.40. The summed E-state index contributed by atoms with van der Waals surface area (Å²) in [5, 5.41) is 11.0. The van der Waals surface area contributed by atoms with Crippen molar-refractivity contribution < 1.29 is 19.2 Å². The van der Waals surface area contributed by atoms with E-state index in [0.29, 0.717) is 5.56 Å². The predicted molar refractivity (Wildman–Crippen MR) is 115 cm³/mol. The number of esters is 1. The van der Waals surface area contributed by atoms with Crippen molar-refractivity contribution in [3.8, 4) is 5.69 Å². The topological polar surface area (TPSA) is 117 Å². The molecule has 0 saturated carbocycles. The Balaban J connectivity index is 1.76. The lowest BCUT2D eigenvalue weighted by molar-refractivity contribution is -0.383. The van der Waals surface area contributed by atoms with Gasteiger partial charge in [0.05, 0.1) is 10.5 Å². The van der Waals surface area contributed by atoms with Gasteiger partial charge >= 0.3 is 5.97 Å². The first-order valence-corrected chi connectivity index (χ1v) is 9.67. The van der Waals surface area contributed by atoms with Crippen molar-refractivity contribution >= 4 is 39.1 Å². The van der Waals surface area contributed by atoms with Crippen LogP contribution in [0.2, 0.25) is 0 Å². The number of aromatic nitrogens is 1. The number of ether oxygens (including phenoxy) is 1. The lowest BCUT2D eigenvalue weighted by Crippen LogP contribution is -2.15. The first-order chi connectivity index (χ1) is 14.2. The van der Waals surface area contributed by atoms with Crippen LogP contribution in [-0.2, 0) is 4.74 Å². The molecule has 0 spiro atoms. The molecule has 2 N–H and O–H groups in total. The van der Waals surface area contributed by atoms with Gasteiger partial charge in [0.2, 0.25) is 5.78 Å². The zero-order valence-electron chi connectivity index (χ0n) is 16.2. The third-order valence-electron chi connectivity index (χ3n) is 4.61. The number of halogens is 1. The van der Waals surface area contributed by atoms with E-state index in [0.717, 1.165) is 27.6 Å². The molecule has 154 valence electrons. The van der Waals surface area contributed by atoms with Gasteiger partial charge in [-0.05, 0) is 56.3 Å². The Labute approximate surface area is 180 Å². The molecule has 3 rings (SSSR count). The number of hydrogen-bond donors (Lipinski definition) is 1. The fourth-order valence-corrected chi connectivity index (χ4v) is 3.42. The Morgan fingerprint density at radius 1 is 1.13 bits per heavy atom. The van der Waals surface area contributed by atoms with E-state index in [9.17, 15) is 19.7 Å². The molecule has 0 amide bonds. The molecule has 0 aliphatic carbocycles. The first kappa shape index (κ1) is 21.3. The Hall–Kier alpha value is -3.46. The van der Waals surface area contributed by atoms with Crippen LogP contribution in [-0.4, -0.2) is 27.8 Å². The SMILES string of the molecule is Cc1cc(C(=O)COC(=O)c2ccc(N)c([N+](=O)[O-])c2)c(C)n1-c1ccc(Br)cc1. The number of benzene rings is 2. The van der Waals surface area contributed by atoms with Crippen LogP contribution < -0.4 is 5.73 Å². The summed E-state index contributed by atoms with van der Waals surface area (Å²) in [5.41, 5.74) is 7.94. The number of nitro benzene ring substituents is 1. The van der Waals surface area contributed by atoms with Gasteiger partial charge in [-0.25, -0.2) is 4.79 Å². The van der Waals surface area contributed by atoms with Crippen LogP contribution in [0.1, 0.15) is 32.1 Å². The summed E-state index contributed by atoms with van der Waals surface area (Å²) in [4.78, 5) is 35.2. The number of nitrogens with two attached hydrogens (primary N) is 1. The quantitative estimate of drug-likeness (QED) is 0.187. The number of nitro groups is 1. The van der Waals surface area contributed by atoms with Crippen LogP contribution >= 0.6 is 15.9 Å². The van der Waals surface area contributed by atoms with Crippen molar-refractivity contribution in [2.24, 2.45) is 0 Å². The number of nitrogen functional groups attached to an aromatic ring is 1. The molecule has 8 nitrogen and oxygen atoms in total. The van der Waals surface area contributed by atoms with Gasteiger partial charge in [-0.1, -0.05) is 15.9 Å². The molecule has 0 atom stereocenters. The molecule has 30 heavy (non-hydrogen) atoms. The summed E-state index contributed by atoms with van der Waals surface area (Å²) in [6, 6.07) is 13.0. The van der Waals surface area contributed by atoms with E-state index in [1.807, 2.05) is 42.7 Å². The van der Waals surface area contributed by atoms with E-state index in [-0.39, 0.29) is 17.0 Å². The van der Waals surface area contributed by atoms with Crippen molar-refractivity contribution in [2.75, 3.05) is 12.3 Å². The largest absolute Gasteiger partial charge is 0.454 e. The molecule has 0 radical (unpaired) electrons. The number of ketones is 1. The average Bonchev–Trinajstić information content (AvgIpc) is 3.01. The van der Waals surface area contributed by atoms with Gasteiger partial charge in [-0.3, -0.25) is 14.9 Å². The van der Waals surface area contributed by atoms with E-state index < -0.39 is 23.2 Å². The normalized spacial score (nSPS) is 10.6. The van der Waals surface area contributed by atoms with Crippen LogP contribution in [0.25, 0.3) is 5.69 Å². The van der Waals surface area contributed by atoms with Gasteiger partial charge in [0.25, 0.3) is 5.69 Å². The average molecular weight is 472 g/mol. The molecule has 2 aromatic carbocycles. The minimum absolute atomic E-state index is 0.0518. The van der Waals surface area contributed by atoms with Gasteiger partial charge in [-0.2, -0.15) is 0 Å². The third-order valence-corrected chi connectivity index (χ3v) is 5.14. The lowest BCUT2D eigenvalue weighted by Gasteiger charge is -2.10. The van der Waals surface area contributed by atoms with Crippen LogP contribution in [0.5, 0.6) is 0 Å². The highest BCUT2D eigenvalue weighted by Crippen LogP contribution is 2.24. The second-order valence-corrected chi connectivity index (χ2v) is 7.54. The summed E-state index contributed by atoms with van der Waals surface area (Å²) in [7, 11) is 0. The van der Waals surface area contributed by atoms with Crippen molar-refractivity contribution in [3.63, 3.8) is 0 Å². The zero-order valence-corrected chi connectivity index (χ0v) is 17.8. The number of hydrogen-bond acceptors (Lipinski definition) is 6. The molecule has 0 aliphatic heterocycles. The van der Waals surface area contributed by atoms with Crippen LogP contribution in [0.15, 0.2) is 53.0 Å². The van der Waals surface area contributed by atoms with E-state index >= 15 is 0 Å². The number of aryl methyl sites for hydroxylation is 1. The van der Waals surface area contributed by atoms with Crippen LogP contribution in [0, 0.1) is 24.0 Å². The minimum atomic E-state index is -0.840. The molecule has 0 unspecified atom stereocenters. The fraction of sp³-hybridized carbons (Fsp3) is 0.143. The highest BCUT2D eigenvalue weighted by atomic mass is 79.9. The summed E-state index contributed by atoms with van der Waals surface area (Å²) in [5.74, 6) is -1.21. The molecule has 0 fully saturated rings. The second kappa shape index (κ2) is 8.50. The molecule has 3 aromatic rings. The van der Waals surface area contributed by atoms with Crippen LogP contribution in [0.4, 0.5) is 11.4 Å². The number of nitrogens with zero attached hydrogens (tertiary/aromatic N) is 2. The maximum Gasteiger partial charge on any atom is 0.338 e. The first-order valence-electron chi connectivity index (χ1n) is 8.88. The molecule has 0 saturated heterocycles. The monoisotopic (exact) mass is 471 g/mol. The lowest BCUT2D eigenvalue weighted by atomic mass is 10.1. The van der Waals surface area contributed by atoms with Crippen molar-refractivity contribution in [2.45, 2.75) is 13.8 Å². The van der Waals surface area contributed by atoms with E-state index in [2.05, 4.69) is 15.9 Å². The highest BCUT2D eigenvalue weighted by Gasteiger charge is 2.20. The van der Waals surface area contributed by atoms with E-state index in [1.54, 1.807) is 6.07 Å². The third kappa shape index (κ3) is 4.25. The van der Waals surface area contributed by atoms with E-state index in [1.165, 1.54) is 12.1 Å². The number of carbonyl (C=O) groups excluding carboxylic acids is 2. The van der Waals surface area contributed by atoms with E-state index in [4.69, 9.17) is 10.5 Å². The van der Waals surface area contributed by atoms with Crippen molar-refractivity contribution in [1.29, 1.82) is 0 Å². The van der Waals surface area contributed by atoms with Gasteiger partial charge in [0.15, 0.2) is 6.61 Å². The summed E-state index contributed by atoms with van der Waals surface area (Å²) in [6.07, 6.45) is 0. The molecular weight excluding hydrogens is 454 g/mol. The van der Waals surface area contributed by atoms with Gasteiger partial charge in [0, 0.05) is 33.2 Å². The molecule has 0 bridgehead atoms. The number of rotatable bonds is 6. The number of Topliss-reactive ketones (excluding diaryl/α,β-unsaturated/α-hetero) is 1. The van der Waals surface area contributed by atoms with Gasteiger partial charge < -0.3 is 15.0 Å². The Bertz CT molecular complexity index is 1150. The van der Waals surface area contributed by atoms with Crippen molar-refractivity contribution in [1.82, 2.24) is 4.57 Å². The molecule has 1 heterocycles. The zero-order chi connectivity index (χ0) is 22.0. The summed E-state index contributed by atoms with van der Waals surface area (Å²) in [6.45, 7) is 3.21. The molecular formula is C21H18BrN3O5. The molecule has 1 aromatic heterocycles. The number of carbonyl (C=O) groups is 2. The molecule has 9 heteroatoms. The fourth-order valence-electron chi connectivity index (χ4n) is 3.15. The molecule has 0 aliphatic rings. The van der Waals surface area contributed by atoms with Crippen LogP contribution in [0.3, 0.4) is 0 Å². The Morgan fingerprint density at radius 2 is 1.80 bits per heavy atom. The standard InChI is InChI=1S/C21H18BrN3O5/c1-12-9-17(13(2)24(12)16-6-4-15(22)5-7-16)20(26)11-30-21(27)14-3-8-18(23)19(10-14)25(28)29/h3-10H,11,23H2,1-2H3. The van der Waals surface area contributed by atoms with Crippen molar-refractivity contribution in [3.05, 3.63) is 85.6 Å². The Morgan fingerprint density at radius 3 is 2.43 bits per heavy atom. The minimum Gasteiger partial charge on any atom is -0.454 e. The second-order valence-electron chi connectivity index (χ2n) is 6.63.